The smallest absolute Gasteiger partial charge is 0.339 e. The van der Waals surface area contributed by atoms with E-state index in [1.54, 1.807) is 12.1 Å². The number of anilines is 1. The minimum atomic E-state index is -0.910. The van der Waals surface area contributed by atoms with Crippen LogP contribution in [0.2, 0.25) is 0 Å². The SMILES string of the molecule is CCCCN(c1nc(C)ccc1C(=O)O)C(C)CC. The summed E-state index contributed by atoms with van der Waals surface area (Å²) >= 11 is 0. The van der Waals surface area contributed by atoms with E-state index in [1.165, 1.54) is 0 Å². The second kappa shape index (κ2) is 7.12. The molecule has 1 N–H and O–H groups in total. The quantitative estimate of drug-likeness (QED) is 0.819. The Hall–Kier alpha value is -1.58. The third-order valence-corrected chi connectivity index (χ3v) is 3.39. The van der Waals surface area contributed by atoms with Gasteiger partial charge in [-0.1, -0.05) is 20.3 Å². The maximum absolute atomic E-state index is 11.4. The van der Waals surface area contributed by atoms with Crippen molar-refractivity contribution in [1.82, 2.24) is 4.98 Å². The lowest BCUT2D eigenvalue weighted by Crippen LogP contribution is -2.35. The van der Waals surface area contributed by atoms with Crippen LogP contribution in [0.1, 0.15) is 56.1 Å². The van der Waals surface area contributed by atoms with Gasteiger partial charge in [-0.2, -0.15) is 0 Å². The topological polar surface area (TPSA) is 53.4 Å². The summed E-state index contributed by atoms with van der Waals surface area (Å²) in [4.78, 5) is 17.9. The van der Waals surface area contributed by atoms with Crippen molar-refractivity contribution in [1.29, 1.82) is 0 Å². The molecule has 1 atom stereocenters. The van der Waals surface area contributed by atoms with Gasteiger partial charge in [-0.25, -0.2) is 9.78 Å². The summed E-state index contributed by atoms with van der Waals surface area (Å²) in [6.07, 6.45) is 3.10. The van der Waals surface area contributed by atoms with Gasteiger partial charge in [0.1, 0.15) is 11.4 Å². The second-order valence-corrected chi connectivity index (χ2v) is 4.93. The number of aromatic carboxylic acids is 1. The zero-order valence-electron chi connectivity index (χ0n) is 12.3. The molecule has 0 aliphatic heterocycles. The number of carboxylic acids is 1. The highest BCUT2D eigenvalue weighted by Crippen LogP contribution is 2.22. The maximum Gasteiger partial charge on any atom is 0.339 e. The molecule has 0 aromatic carbocycles. The van der Waals surface area contributed by atoms with Crippen LogP contribution in [0.3, 0.4) is 0 Å². The summed E-state index contributed by atoms with van der Waals surface area (Å²) in [6.45, 7) is 9.10. The third-order valence-electron chi connectivity index (χ3n) is 3.39. The fourth-order valence-corrected chi connectivity index (χ4v) is 2.01. The molecule has 0 aliphatic carbocycles. The number of nitrogens with zero attached hydrogens (tertiary/aromatic N) is 2. The summed E-state index contributed by atoms with van der Waals surface area (Å²) in [6, 6.07) is 3.70. The van der Waals surface area contributed by atoms with E-state index in [1.807, 2.05) is 6.92 Å². The third kappa shape index (κ3) is 3.94. The molecule has 0 fully saturated rings. The Morgan fingerprint density at radius 1 is 1.42 bits per heavy atom. The van der Waals surface area contributed by atoms with Crippen molar-refractivity contribution in [2.45, 2.75) is 53.0 Å². The van der Waals surface area contributed by atoms with Crippen LogP contribution in [0.15, 0.2) is 12.1 Å². The first-order valence-corrected chi connectivity index (χ1v) is 6.98. The highest BCUT2D eigenvalue weighted by molar-refractivity contribution is 5.93. The predicted molar refractivity (Wildman–Crippen MR) is 77.9 cm³/mol. The van der Waals surface area contributed by atoms with Crippen molar-refractivity contribution in [2.24, 2.45) is 0 Å². The van der Waals surface area contributed by atoms with Crippen LogP contribution >= 0.6 is 0 Å². The lowest BCUT2D eigenvalue weighted by molar-refractivity contribution is 0.0697. The van der Waals surface area contributed by atoms with E-state index in [2.05, 4.69) is 30.7 Å². The molecule has 0 amide bonds. The van der Waals surface area contributed by atoms with Gasteiger partial charge in [0.25, 0.3) is 0 Å². The molecular formula is C15H24N2O2. The number of aromatic nitrogens is 1. The van der Waals surface area contributed by atoms with Gasteiger partial charge in [0.2, 0.25) is 0 Å². The van der Waals surface area contributed by atoms with Crippen molar-refractivity contribution < 1.29 is 9.90 Å². The molecule has 1 rings (SSSR count). The Kier molecular flexibility index (Phi) is 5.80. The van der Waals surface area contributed by atoms with E-state index < -0.39 is 5.97 Å². The molecule has 19 heavy (non-hydrogen) atoms. The van der Waals surface area contributed by atoms with Crippen molar-refractivity contribution in [3.63, 3.8) is 0 Å². The summed E-state index contributed by atoms with van der Waals surface area (Å²) in [5, 5.41) is 9.32. The molecule has 4 heteroatoms. The van der Waals surface area contributed by atoms with Gasteiger partial charge in [-0.05, 0) is 38.8 Å². The highest BCUT2D eigenvalue weighted by Gasteiger charge is 2.21. The first kappa shape index (κ1) is 15.5. The monoisotopic (exact) mass is 264 g/mol. The molecule has 0 saturated carbocycles. The molecule has 1 unspecified atom stereocenters. The fourth-order valence-electron chi connectivity index (χ4n) is 2.01. The average Bonchev–Trinajstić information content (AvgIpc) is 2.38. The van der Waals surface area contributed by atoms with Crippen LogP contribution < -0.4 is 4.90 Å². The van der Waals surface area contributed by atoms with Crippen LogP contribution in [-0.2, 0) is 0 Å². The Morgan fingerprint density at radius 3 is 2.63 bits per heavy atom. The number of rotatable bonds is 7. The van der Waals surface area contributed by atoms with Gasteiger partial charge >= 0.3 is 5.97 Å². The van der Waals surface area contributed by atoms with E-state index in [-0.39, 0.29) is 0 Å². The molecule has 1 aromatic rings. The highest BCUT2D eigenvalue weighted by atomic mass is 16.4. The first-order chi connectivity index (χ1) is 9.01. The molecule has 1 aromatic heterocycles. The molecule has 4 nitrogen and oxygen atoms in total. The number of hydrogen-bond acceptors (Lipinski definition) is 3. The molecule has 106 valence electrons. The van der Waals surface area contributed by atoms with Crippen molar-refractivity contribution in [3.8, 4) is 0 Å². The van der Waals surface area contributed by atoms with Crippen LogP contribution in [-0.4, -0.2) is 28.6 Å². The Bertz CT molecular complexity index is 432. The number of hydrogen-bond donors (Lipinski definition) is 1. The molecule has 0 radical (unpaired) electrons. The van der Waals surface area contributed by atoms with E-state index in [9.17, 15) is 9.90 Å². The van der Waals surface area contributed by atoms with E-state index in [0.717, 1.165) is 31.5 Å². The predicted octanol–water partition coefficient (Wildman–Crippen LogP) is 3.49. The summed E-state index contributed by atoms with van der Waals surface area (Å²) in [5.74, 6) is -0.303. The molecule has 0 saturated heterocycles. The first-order valence-electron chi connectivity index (χ1n) is 6.98. The van der Waals surface area contributed by atoms with Gasteiger partial charge in [0, 0.05) is 18.3 Å². The Morgan fingerprint density at radius 2 is 2.11 bits per heavy atom. The molecule has 0 bridgehead atoms. The van der Waals surface area contributed by atoms with Crippen molar-refractivity contribution in [2.75, 3.05) is 11.4 Å². The largest absolute Gasteiger partial charge is 0.478 e. The Labute approximate surface area is 115 Å². The Balaban J connectivity index is 3.19. The van der Waals surface area contributed by atoms with Gasteiger partial charge in [0.05, 0.1) is 0 Å². The number of carbonyl (C=O) groups is 1. The number of carboxylic acid groups (broad SMARTS) is 1. The summed E-state index contributed by atoms with van der Waals surface area (Å²) in [7, 11) is 0. The number of aryl methyl sites for hydroxylation is 1. The van der Waals surface area contributed by atoms with Gasteiger partial charge in [-0.3, -0.25) is 0 Å². The number of pyridine rings is 1. The standard InChI is InChI=1S/C15H24N2O2/c1-5-7-10-17(12(4)6-2)14-13(15(18)19)9-8-11(3)16-14/h8-9,12H,5-7,10H2,1-4H3,(H,18,19). The van der Waals surface area contributed by atoms with E-state index in [4.69, 9.17) is 0 Å². The van der Waals surface area contributed by atoms with Crippen LogP contribution in [0.25, 0.3) is 0 Å². The lowest BCUT2D eigenvalue weighted by atomic mass is 10.1. The van der Waals surface area contributed by atoms with Crippen molar-refractivity contribution in [3.05, 3.63) is 23.4 Å². The van der Waals surface area contributed by atoms with E-state index >= 15 is 0 Å². The average molecular weight is 264 g/mol. The minimum absolute atomic E-state index is 0.291. The van der Waals surface area contributed by atoms with Gasteiger partial charge < -0.3 is 10.0 Å². The lowest BCUT2D eigenvalue weighted by Gasteiger charge is -2.31. The van der Waals surface area contributed by atoms with E-state index in [0.29, 0.717) is 17.4 Å². The van der Waals surface area contributed by atoms with Gasteiger partial charge in [0.15, 0.2) is 0 Å². The summed E-state index contributed by atoms with van der Waals surface area (Å²) < 4.78 is 0. The minimum Gasteiger partial charge on any atom is -0.478 e. The fraction of sp³-hybridized carbons (Fsp3) is 0.600. The van der Waals surface area contributed by atoms with Crippen LogP contribution in [0.5, 0.6) is 0 Å². The number of unbranched alkanes of at least 4 members (excludes halogenated alkanes) is 1. The van der Waals surface area contributed by atoms with Crippen LogP contribution in [0, 0.1) is 6.92 Å². The molecule has 0 aliphatic rings. The van der Waals surface area contributed by atoms with Crippen molar-refractivity contribution >= 4 is 11.8 Å². The molecule has 1 heterocycles. The van der Waals surface area contributed by atoms with Crippen LogP contribution in [0.4, 0.5) is 5.82 Å². The zero-order chi connectivity index (χ0) is 14.4. The van der Waals surface area contributed by atoms with Gasteiger partial charge in [-0.15, -0.1) is 0 Å². The second-order valence-electron chi connectivity index (χ2n) is 4.93. The normalized spacial score (nSPS) is 12.2. The zero-order valence-corrected chi connectivity index (χ0v) is 12.3. The molecule has 0 spiro atoms. The summed E-state index contributed by atoms with van der Waals surface area (Å²) in [5.41, 5.74) is 1.15. The molecular weight excluding hydrogens is 240 g/mol. The maximum atomic E-state index is 11.4.